The van der Waals surface area contributed by atoms with E-state index in [2.05, 4.69) is 15.3 Å². The standard InChI is InChI=1S/C15H17N5O2S2/c1-7-5-10(16)19-15(18-7)23-6-11(21)20-14-12(13(17)22)8-3-2-4-9(8)24-14/h5H,2-4,6H2,1H3,(H2,17,22)(H,20,21)(H2,16,18,19). The van der Waals surface area contributed by atoms with Crippen molar-refractivity contribution in [3.63, 3.8) is 0 Å². The van der Waals surface area contributed by atoms with Gasteiger partial charge < -0.3 is 16.8 Å². The van der Waals surface area contributed by atoms with Crippen LogP contribution in [0.2, 0.25) is 0 Å². The highest BCUT2D eigenvalue weighted by molar-refractivity contribution is 7.99. The maximum Gasteiger partial charge on any atom is 0.251 e. The van der Waals surface area contributed by atoms with Gasteiger partial charge in [0, 0.05) is 16.6 Å². The Morgan fingerprint density at radius 2 is 2.17 bits per heavy atom. The first-order valence-electron chi connectivity index (χ1n) is 7.42. The number of nitrogens with two attached hydrogens (primary N) is 2. The van der Waals surface area contributed by atoms with Gasteiger partial charge in [0.15, 0.2) is 5.16 Å². The lowest BCUT2D eigenvalue weighted by Crippen LogP contribution is -2.19. The van der Waals surface area contributed by atoms with E-state index in [0.717, 1.165) is 35.4 Å². The molecule has 0 saturated heterocycles. The molecule has 0 unspecified atom stereocenters. The molecule has 0 aliphatic heterocycles. The van der Waals surface area contributed by atoms with Crippen LogP contribution in [0.3, 0.4) is 0 Å². The molecule has 24 heavy (non-hydrogen) atoms. The number of carbonyl (C=O) groups is 2. The number of aromatic nitrogens is 2. The van der Waals surface area contributed by atoms with Gasteiger partial charge in [-0.25, -0.2) is 9.97 Å². The van der Waals surface area contributed by atoms with Gasteiger partial charge in [-0.1, -0.05) is 11.8 Å². The lowest BCUT2D eigenvalue weighted by Gasteiger charge is -2.06. The quantitative estimate of drug-likeness (QED) is 0.549. The van der Waals surface area contributed by atoms with E-state index in [1.54, 1.807) is 6.07 Å². The number of anilines is 2. The third kappa shape index (κ3) is 3.51. The number of nitrogen functional groups attached to an aromatic ring is 1. The number of aryl methyl sites for hydroxylation is 2. The molecule has 0 atom stereocenters. The molecule has 3 rings (SSSR count). The fraction of sp³-hybridized carbons (Fsp3) is 0.333. The molecular formula is C15H17N5O2S2. The van der Waals surface area contributed by atoms with E-state index < -0.39 is 5.91 Å². The minimum absolute atomic E-state index is 0.129. The molecule has 0 spiro atoms. The first-order chi connectivity index (χ1) is 11.4. The van der Waals surface area contributed by atoms with Crippen molar-refractivity contribution in [2.24, 2.45) is 5.73 Å². The van der Waals surface area contributed by atoms with Crippen molar-refractivity contribution in [2.45, 2.75) is 31.3 Å². The lowest BCUT2D eigenvalue weighted by atomic mass is 10.1. The second-order valence-corrected chi connectivity index (χ2v) is 7.53. The molecule has 7 nitrogen and oxygen atoms in total. The Kier molecular flexibility index (Phi) is 4.72. The van der Waals surface area contributed by atoms with Crippen molar-refractivity contribution in [1.29, 1.82) is 0 Å². The highest BCUT2D eigenvalue weighted by atomic mass is 32.2. The van der Waals surface area contributed by atoms with Gasteiger partial charge >= 0.3 is 0 Å². The van der Waals surface area contributed by atoms with Gasteiger partial charge in [0.2, 0.25) is 5.91 Å². The van der Waals surface area contributed by atoms with E-state index in [4.69, 9.17) is 11.5 Å². The van der Waals surface area contributed by atoms with Gasteiger partial charge in [0.05, 0.1) is 11.3 Å². The fourth-order valence-electron chi connectivity index (χ4n) is 2.68. The van der Waals surface area contributed by atoms with E-state index in [1.165, 1.54) is 23.1 Å². The molecule has 1 aliphatic rings. The van der Waals surface area contributed by atoms with Crippen molar-refractivity contribution in [1.82, 2.24) is 9.97 Å². The summed E-state index contributed by atoms with van der Waals surface area (Å²) < 4.78 is 0. The first kappa shape index (κ1) is 16.7. The molecule has 5 N–H and O–H groups in total. The molecule has 126 valence electrons. The Bertz CT molecular complexity index is 798. The van der Waals surface area contributed by atoms with Crippen molar-refractivity contribution in [3.8, 4) is 0 Å². The summed E-state index contributed by atoms with van der Waals surface area (Å²) >= 11 is 2.63. The summed E-state index contributed by atoms with van der Waals surface area (Å²) in [5.41, 5.74) is 13.3. The number of rotatable bonds is 5. The number of primary amides is 1. The van der Waals surface area contributed by atoms with Gasteiger partial charge in [-0.15, -0.1) is 11.3 Å². The van der Waals surface area contributed by atoms with Crippen LogP contribution in [0, 0.1) is 6.92 Å². The summed E-state index contributed by atoms with van der Waals surface area (Å²) in [6.07, 6.45) is 2.80. The monoisotopic (exact) mass is 363 g/mol. The summed E-state index contributed by atoms with van der Waals surface area (Å²) in [4.78, 5) is 33.3. The number of hydrogen-bond acceptors (Lipinski definition) is 7. The fourth-order valence-corrected chi connectivity index (χ4v) is 4.70. The van der Waals surface area contributed by atoms with Crippen molar-refractivity contribution >= 4 is 45.7 Å². The van der Waals surface area contributed by atoms with Crippen LogP contribution in [0.25, 0.3) is 0 Å². The van der Waals surface area contributed by atoms with Crippen molar-refractivity contribution in [3.05, 3.63) is 27.8 Å². The number of fused-ring (bicyclic) bond motifs is 1. The zero-order chi connectivity index (χ0) is 17.3. The third-order valence-electron chi connectivity index (χ3n) is 3.61. The summed E-state index contributed by atoms with van der Waals surface area (Å²) in [6, 6.07) is 1.66. The number of hydrogen-bond donors (Lipinski definition) is 3. The molecule has 0 bridgehead atoms. The molecule has 0 fully saturated rings. The van der Waals surface area contributed by atoms with Crippen LogP contribution >= 0.6 is 23.1 Å². The molecule has 2 amide bonds. The SMILES string of the molecule is Cc1cc(N)nc(SCC(=O)Nc2sc3c(c2C(N)=O)CCC3)n1. The summed E-state index contributed by atoms with van der Waals surface area (Å²) in [5, 5.41) is 3.79. The molecular weight excluding hydrogens is 346 g/mol. The number of amides is 2. The second-order valence-electron chi connectivity index (χ2n) is 5.48. The first-order valence-corrected chi connectivity index (χ1v) is 9.22. The van der Waals surface area contributed by atoms with Gasteiger partial charge in [-0.2, -0.15) is 0 Å². The Morgan fingerprint density at radius 1 is 1.38 bits per heavy atom. The topological polar surface area (TPSA) is 124 Å². The van der Waals surface area contributed by atoms with Gasteiger partial charge in [0.1, 0.15) is 10.8 Å². The van der Waals surface area contributed by atoms with E-state index in [0.29, 0.717) is 21.5 Å². The normalized spacial score (nSPS) is 12.9. The molecule has 0 saturated carbocycles. The third-order valence-corrected chi connectivity index (χ3v) is 5.66. The zero-order valence-electron chi connectivity index (χ0n) is 13.1. The predicted molar refractivity (Wildman–Crippen MR) is 95.4 cm³/mol. The van der Waals surface area contributed by atoms with Crippen molar-refractivity contribution < 1.29 is 9.59 Å². The number of nitrogens with one attached hydrogen (secondary N) is 1. The largest absolute Gasteiger partial charge is 0.384 e. The van der Waals surface area contributed by atoms with Gasteiger partial charge in [0.25, 0.3) is 5.91 Å². The highest BCUT2D eigenvalue weighted by Crippen LogP contribution is 2.38. The van der Waals surface area contributed by atoms with Crippen LogP contribution in [0.15, 0.2) is 11.2 Å². The van der Waals surface area contributed by atoms with Crippen LogP contribution in [0.5, 0.6) is 0 Å². The number of thiophene rings is 1. The molecule has 0 radical (unpaired) electrons. The molecule has 2 aromatic heterocycles. The number of thioether (sulfide) groups is 1. The number of carbonyl (C=O) groups excluding carboxylic acids is 2. The molecule has 2 heterocycles. The molecule has 9 heteroatoms. The number of nitrogens with zero attached hydrogens (tertiary/aromatic N) is 2. The van der Waals surface area contributed by atoms with Crippen molar-refractivity contribution in [2.75, 3.05) is 16.8 Å². The lowest BCUT2D eigenvalue weighted by molar-refractivity contribution is -0.113. The minimum atomic E-state index is -0.493. The summed E-state index contributed by atoms with van der Waals surface area (Å²) in [5.74, 6) is -0.224. The Hall–Kier alpha value is -2.13. The molecule has 2 aromatic rings. The average molecular weight is 363 g/mol. The van der Waals surface area contributed by atoms with E-state index in [1.807, 2.05) is 6.92 Å². The van der Waals surface area contributed by atoms with Gasteiger partial charge in [-0.05, 0) is 31.7 Å². The van der Waals surface area contributed by atoms with Crippen LogP contribution < -0.4 is 16.8 Å². The van der Waals surface area contributed by atoms with Crippen LogP contribution in [-0.4, -0.2) is 27.5 Å². The maximum absolute atomic E-state index is 12.2. The minimum Gasteiger partial charge on any atom is -0.384 e. The maximum atomic E-state index is 12.2. The Labute approximate surface area is 147 Å². The summed E-state index contributed by atoms with van der Waals surface area (Å²) in [6.45, 7) is 1.81. The highest BCUT2D eigenvalue weighted by Gasteiger charge is 2.26. The van der Waals surface area contributed by atoms with Gasteiger partial charge in [-0.3, -0.25) is 9.59 Å². The van der Waals surface area contributed by atoms with E-state index >= 15 is 0 Å². The van der Waals surface area contributed by atoms with Crippen LogP contribution in [0.4, 0.5) is 10.8 Å². The average Bonchev–Trinajstić information content (AvgIpc) is 3.04. The smallest absolute Gasteiger partial charge is 0.251 e. The summed E-state index contributed by atoms with van der Waals surface area (Å²) in [7, 11) is 0. The zero-order valence-corrected chi connectivity index (χ0v) is 14.7. The molecule has 1 aliphatic carbocycles. The van der Waals surface area contributed by atoms with Crippen LogP contribution in [0.1, 0.15) is 32.9 Å². The Morgan fingerprint density at radius 3 is 2.88 bits per heavy atom. The second kappa shape index (κ2) is 6.78. The predicted octanol–water partition coefficient (Wildman–Crippen LogP) is 1.75. The Balaban J connectivity index is 1.68. The van der Waals surface area contributed by atoms with E-state index in [9.17, 15) is 9.59 Å². The van der Waals surface area contributed by atoms with Crippen LogP contribution in [-0.2, 0) is 17.6 Å². The molecule has 0 aromatic carbocycles. The van der Waals surface area contributed by atoms with E-state index in [-0.39, 0.29) is 11.7 Å².